The van der Waals surface area contributed by atoms with E-state index in [4.69, 9.17) is 4.74 Å². The SMILES string of the molecule is Cc1ccc([C@@H](C)O)c(OCCC(F)(F)F)c1. The molecular formula is C12H15F3O2. The van der Waals surface area contributed by atoms with Gasteiger partial charge in [-0.2, -0.15) is 13.2 Å². The zero-order valence-corrected chi connectivity index (χ0v) is 9.71. The summed E-state index contributed by atoms with van der Waals surface area (Å²) in [6.07, 6.45) is -5.99. The minimum atomic E-state index is -4.23. The van der Waals surface area contributed by atoms with Crippen molar-refractivity contribution in [2.45, 2.75) is 32.5 Å². The molecule has 1 aromatic carbocycles. The maximum absolute atomic E-state index is 12.0. The van der Waals surface area contributed by atoms with Crippen LogP contribution in [0.5, 0.6) is 5.75 Å². The molecule has 0 bridgehead atoms. The van der Waals surface area contributed by atoms with Gasteiger partial charge >= 0.3 is 6.18 Å². The van der Waals surface area contributed by atoms with Crippen molar-refractivity contribution in [3.63, 3.8) is 0 Å². The number of benzene rings is 1. The summed E-state index contributed by atoms with van der Waals surface area (Å²) in [6, 6.07) is 5.06. The van der Waals surface area contributed by atoms with Crippen molar-refractivity contribution in [1.82, 2.24) is 0 Å². The third kappa shape index (κ3) is 4.65. The molecule has 5 heteroatoms. The molecule has 0 spiro atoms. The van der Waals surface area contributed by atoms with Crippen molar-refractivity contribution in [2.75, 3.05) is 6.61 Å². The molecule has 1 N–H and O–H groups in total. The number of aliphatic hydroxyl groups is 1. The van der Waals surface area contributed by atoms with Crippen LogP contribution in [0.15, 0.2) is 18.2 Å². The zero-order chi connectivity index (χ0) is 13.1. The Labute approximate surface area is 98.0 Å². The summed E-state index contributed by atoms with van der Waals surface area (Å²) in [5.74, 6) is 0.309. The van der Waals surface area contributed by atoms with Crippen LogP contribution in [0, 0.1) is 6.92 Å². The van der Waals surface area contributed by atoms with E-state index in [1.165, 1.54) is 0 Å². The summed E-state index contributed by atoms with van der Waals surface area (Å²) < 4.78 is 41.0. The molecular weight excluding hydrogens is 233 g/mol. The Hall–Kier alpha value is -1.23. The van der Waals surface area contributed by atoms with E-state index in [1.807, 2.05) is 6.92 Å². The summed E-state index contributed by atoms with van der Waals surface area (Å²) in [6.45, 7) is 2.91. The van der Waals surface area contributed by atoms with Crippen molar-refractivity contribution >= 4 is 0 Å². The number of aryl methyl sites for hydroxylation is 1. The van der Waals surface area contributed by atoms with E-state index in [2.05, 4.69) is 0 Å². The third-order valence-corrected chi connectivity index (χ3v) is 2.26. The van der Waals surface area contributed by atoms with E-state index < -0.39 is 25.3 Å². The highest BCUT2D eigenvalue weighted by Gasteiger charge is 2.27. The Morgan fingerprint density at radius 3 is 2.53 bits per heavy atom. The van der Waals surface area contributed by atoms with Crippen LogP contribution < -0.4 is 4.74 Å². The summed E-state index contributed by atoms with van der Waals surface area (Å²) in [5.41, 5.74) is 1.37. The van der Waals surface area contributed by atoms with E-state index in [0.717, 1.165) is 5.56 Å². The number of alkyl halides is 3. The lowest BCUT2D eigenvalue weighted by molar-refractivity contribution is -0.139. The number of aliphatic hydroxyl groups excluding tert-OH is 1. The average molecular weight is 248 g/mol. The smallest absolute Gasteiger partial charge is 0.392 e. The second-order valence-electron chi connectivity index (χ2n) is 3.93. The van der Waals surface area contributed by atoms with Crippen LogP contribution in [-0.2, 0) is 0 Å². The van der Waals surface area contributed by atoms with Gasteiger partial charge in [0.1, 0.15) is 5.75 Å². The summed E-state index contributed by atoms with van der Waals surface area (Å²) >= 11 is 0. The Bertz CT molecular complexity index is 373. The highest BCUT2D eigenvalue weighted by Crippen LogP contribution is 2.27. The molecule has 0 fully saturated rings. The Morgan fingerprint density at radius 2 is 2.00 bits per heavy atom. The standard InChI is InChI=1S/C12H15F3O2/c1-8-3-4-10(9(2)16)11(7-8)17-6-5-12(13,14)15/h3-4,7,9,16H,5-6H2,1-2H3/t9-/m1/s1. The van der Waals surface area contributed by atoms with Gasteiger partial charge in [-0.1, -0.05) is 12.1 Å². The van der Waals surface area contributed by atoms with Crippen molar-refractivity contribution in [1.29, 1.82) is 0 Å². The van der Waals surface area contributed by atoms with Crippen molar-refractivity contribution in [2.24, 2.45) is 0 Å². The fourth-order valence-corrected chi connectivity index (χ4v) is 1.39. The van der Waals surface area contributed by atoms with Gasteiger partial charge in [0.2, 0.25) is 0 Å². The summed E-state index contributed by atoms with van der Waals surface area (Å²) in [5, 5.41) is 9.45. The number of rotatable bonds is 4. The predicted octanol–water partition coefficient (Wildman–Crippen LogP) is 3.38. The molecule has 1 aromatic rings. The normalized spacial score (nSPS) is 13.5. The first-order valence-corrected chi connectivity index (χ1v) is 5.28. The average Bonchev–Trinajstić information content (AvgIpc) is 2.15. The molecule has 0 amide bonds. The highest BCUT2D eigenvalue weighted by molar-refractivity contribution is 5.38. The van der Waals surface area contributed by atoms with E-state index >= 15 is 0 Å². The second kappa shape index (κ2) is 5.40. The molecule has 0 aromatic heterocycles. The van der Waals surface area contributed by atoms with Crippen molar-refractivity contribution in [3.05, 3.63) is 29.3 Å². The van der Waals surface area contributed by atoms with E-state index in [1.54, 1.807) is 25.1 Å². The fraction of sp³-hybridized carbons (Fsp3) is 0.500. The highest BCUT2D eigenvalue weighted by atomic mass is 19.4. The van der Waals surface area contributed by atoms with Gasteiger partial charge < -0.3 is 9.84 Å². The molecule has 0 unspecified atom stereocenters. The van der Waals surface area contributed by atoms with Gasteiger partial charge in [-0.25, -0.2) is 0 Å². The minimum absolute atomic E-state index is 0.309. The lowest BCUT2D eigenvalue weighted by atomic mass is 10.1. The molecule has 0 aliphatic heterocycles. The summed E-state index contributed by atoms with van der Waals surface area (Å²) in [7, 11) is 0. The topological polar surface area (TPSA) is 29.5 Å². The summed E-state index contributed by atoms with van der Waals surface area (Å²) in [4.78, 5) is 0. The maximum atomic E-state index is 12.0. The Kier molecular flexibility index (Phi) is 4.40. The molecule has 0 heterocycles. The zero-order valence-electron chi connectivity index (χ0n) is 9.71. The molecule has 0 saturated carbocycles. The van der Waals surface area contributed by atoms with Gasteiger partial charge in [-0.15, -0.1) is 0 Å². The van der Waals surface area contributed by atoms with Crippen LogP contribution in [0.25, 0.3) is 0 Å². The van der Waals surface area contributed by atoms with Crippen molar-refractivity contribution < 1.29 is 23.0 Å². The number of halogens is 3. The van der Waals surface area contributed by atoms with Crippen LogP contribution in [-0.4, -0.2) is 17.9 Å². The first-order chi connectivity index (χ1) is 7.79. The van der Waals surface area contributed by atoms with Gasteiger partial charge in [0, 0.05) is 5.56 Å². The molecule has 96 valence electrons. The lowest BCUT2D eigenvalue weighted by Crippen LogP contribution is -2.13. The van der Waals surface area contributed by atoms with Crippen LogP contribution in [0.3, 0.4) is 0 Å². The molecule has 2 nitrogen and oxygen atoms in total. The quantitative estimate of drug-likeness (QED) is 0.885. The first-order valence-electron chi connectivity index (χ1n) is 5.28. The molecule has 1 atom stereocenters. The monoisotopic (exact) mass is 248 g/mol. The van der Waals surface area contributed by atoms with Gasteiger partial charge in [0.25, 0.3) is 0 Å². The molecule has 0 aliphatic rings. The van der Waals surface area contributed by atoms with Crippen LogP contribution in [0.2, 0.25) is 0 Å². The largest absolute Gasteiger partial charge is 0.493 e. The van der Waals surface area contributed by atoms with Crippen LogP contribution in [0.1, 0.15) is 30.6 Å². The maximum Gasteiger partial charge on any atom is 0.392 e. The number of ether oxygens (including phenoxy) is 1. The molecule has 0 radical (unpaired) electrons. The van der Waals surface area contributed by atoms with Gasteiger partial charge in [0.15, 0.2) is 0 Å². The van der Waals surface area contributed by atoms with E-state index in [0.29, 0.717) is 11.3 Å². The molecule has 0 saturated heterocycles. The molecule has 0 aliphatic carbocycles. The number of hydrogen-bond acceptors (Lipinski definition) is 2. The minimum Gasteiger partial charge on any atom is -0.493 e. The second-order valence-corrected chi connectivity index (χ2v) is 3.93. The Morgan fingerprint density at radius 1 is 1.35 bits per heavy atom. The molecule has 17 heavy (non-hydrogen) atoms. The van der Waals surface area contributed by atoms with Gasteiger partial charge in [-0.3, -0.25) is 0 Å². The first kappa shape index (κ1) is 13.8. The van der Waals surface area contributed by atoms with Gasteiger partial charge in [-0.05, 0) is 25.5 Å². The molecule has 1 rings (SSSR count). The third-order valence-electron chi connectivity index (χ3n) is 2.26. The van der Waals surface area contributed by atoms with Crippen LogP contribution in [0.4, 0.5) is 13.2 Å². The van der Waals surface area contributed by atoms with Gasteiger partial charge in [0.05, 0.1) is 19.1 Å². The lowest BCUT2D eigenvalue weighted by Gasteiger charge is -2.14. The predicted molar refractivity (Wildman–Crippen MR) is 58.0 cm³/mol. The van der Waals surface area contributed by atoms with Crippen molar-refractivity contribution in [3.8, 4) is 5.75 Å². The van der Waals surface area contributed by atoms with Crippen LogP contribution >= 0.6 is 0 Å². The van der Waals surface area contributed by atoms with E-state index in [9.17, 15) is 18.3 Å². The Balaban J connectivity index is 2.72. The number of hydrogen-bond donors (Lipinski definition) is 1. The fourth-order valence-electron chi connectivity index (χ4n) is 1.39. The van der Waals surface area contributed by atoms with E-state index in [-0.39, 0.29) is 0 Å².